The molecule has 0 aliphatic carbocycles. The van der Waals surface area contributed by atoms with Gasteiger partial charge in [-0.1, -0.05) is 12.1 Å². The summed E-state index contributed by atoms with van der Waals surface area (Å²) in [5, 5.41) is 12.3. The first kappa shape index (κ1) is 17.1. The maximum absolute atomic E-state index is 12.2. The van der Waals surface area contributed by atoms with Crippen molar-refractivity contribution >= 4 is 22.5 Å². The van der Waals surface area contributed by atoms with Crippen LogP contribution < -0.4 is 10.1 Å². The highest BCUT2D eigenvalue weighted by molar-refractivity contribution is 5.86. The van der Waals surface area contributed by atoms with Crippen molar-refractivity contribution in [3.05, 3.63) is 60.7 Å². The average molecular weight is 363 g/mol. The molecule has 3 aromatic heterocycles. The summed E-state index contributed by atoms with van der Waals surface area (Å²) in [6, 6.07) is 13.7. The first-order valence-corrected chi connectivity index (χ1v) is 8.93. The molecule has 3 heterocycles. The quantitative estimate of drug-likeness (QED) is 0.547. The van der Waals surface area contributed by atoms with Crippen molar-refractivity contribution in [2.75, 3.05) is 13.7 Å². The Morgan fingerprint density at radius 1 is 1.11 bits per heavy atom. The molecule has 0 atom stereocenters. The third-order valence-corrected chi connectivity index (χ3v) is 4.63. The minimum Gasteiger partial charge on any atom is -0.496 e. The summed E-state index contributed by atoms with van der Waals surface area (Å²) >= 11 is 0. The highest BCUT2D eigenvalue weighted by Gasteiger charge is 2.09. The number of carbonyl (C=O) groups excluding carboxylic acids is 1. The maximum Gasteiger partial charge on any atom is 0.221 e. The van der Waals surface area contributed by atoms with Gasteiger partial charge in [0.25, 0.3) is 0 Å². The van der Waals surface area contributed by atoms with Gasteiger partial charge in [0.15, 0.2) is 5.65 Å². The van der Waals surface area contributed by atoms with E-state index in [4.69, 9.17) is 4.74 Å². The highest BCUT2D eigenvalue weighted by atomic mass is 16.5. The van der Waals surface area contributed by atoms with E-state index in [1.54, 1.807) is 7.11 Å². The van der Waals surface area contributed by atoms with Crippen molar-refractivity contribution in [2.24, 2.45) is 0 Å². The number of methoxy groups -OCH3 is 1. The number of rotatable bonds is 7. The van der Waals surface area contributed by atoms with Crippen molar-refractivity contribution in [2.45, 2.75) is 19.4 Å². The second-order valence-corrected chi connectivity index (χ2v) is 6.30. The fraction of sp³-hybridized carbons (Fsp3) is 0.250. The van der Waals surface area contributed by atoms with Gasteiger partial charge in [-0.25, -0.2) is 0 Å². The van der Waals surface area contributed by atoms with Crippen molar-refractivity contribution in [1.29, 1.82) is 0 Å². The van der Waals surface area contributed by atoms with Crippen molar-refractivity contribution in [3.8, 4) is 5.75 Å². The van der Waals surface area contributed by atoms with Crippen molar-refractivity contribution < 1.29 is 9.53 Å². The normalized spacial score (nSPS) is 11.1. The van der Waals surface area contributed by atoms with Crippen LogP contribution in [0, 0.1) is 0 Å². The molecule has 1 aromatic carbocycles. The highest BCUT2D eigenvalue weighted by Crippen LogP contribution is 2.26. The number of hydrogen-bond donors (Lipinski definition) is 1. The summed E-state index contributed by atoms with van der Waals surface area (Å²) < 4.78 is 9.39. The second-order valence-electron chi connectivity index (χ2n) is 6.30. The van der Waals surface area contributed by atoms with Crippen LogP contribution in [0.2, 0.25) is 0 Å². The SMILES string of the molecule is COc1cccc2c1ccn2CCC(=O)NCCc1nnc2ccccn12. The van der Waals surface area contributed by atoms with Gasteiger partial charge in [0.05, 0.1) is 12.6 Å². The van der Waals surface area contributed by atoms with E-state index in [0.717, 1.165) is 28.1 Å². The average Bonchev–Trinajstić information content (AvgIpc) is 3.30. The lowest BCUT2D eigenvalue weighted by molar-refractivity contribution is -0.121. The Morgan fingerprint density at radius 3 is 2.93 bits per heavy atom. The van der Waals surface area contributed by atoms with Gasteiger partial charge < -0.3 is 14.6 Å². The number of amides is 1. The zero-order valence-corrected chi connectivity index (χ0v) is 15.1. The largest absolute Gasteiger partial charge is 0.496 e. The number of aromatic nitrogens is 4. The molecule has 0 aliphatic heterocycles. The molecule has 7 heteroatoms. The topological polar surface area (TPSA) is 73.4 Å². The van der Waals surface area contributed by atoms with Crippen LogP contribution in [0.15, 0.2) is 54.9 Å². The Kier molecular flexibility index (Phi) is 4.74. The molecule has 0 fully saturated rings. The Labute approximate surface area is 156 Å². The first-order chi connectivity index (χ1) is 13.3. The van der Waals surface area contributed by atoms with E-state index in [-0.39, 0.29) is 5.91 Å². The molecular weight excluding hydrogens is 342 g/mol. The number of hydrogen-bond acceptors (Lipinski definition) is 4. The van der Waals surface area contributed by atoms with Crippen LogP contribution in [0.5, 0.6) is 5.75 Å². The summed E-state index contributed by atoms with van der Waals surface area (Å²) in [6.45, 7) is 1.16. The first-order valence-electron chi connectivity index (χ1n) is 8.93. The van der Waals surface area contributed by atoms with Crippen LogP contribution in [0.3, 0.4) is 0 Å². The minimum atomic E-state index is 0.0218. The van der Waals surface area contributed by atoms with Gasteiger partial charge in [-0.05, 0) is 30.3 Å². The molecule has 0 spiro atoms. The molecule has 4 rings (SSSR count). The van der Waals surface area contributed by atoms with E-state index < -0.39 is 0 Å². The predicted molar refractivity (Wildman–Crippen MR) is 103 cm³/mol. The van der Waals surface area contributed by atoms with E-state index in [1.165, 1.54) is 0 Å². The zero-order valence-electron chi connectivity index (χ0n) is 15.1. The Hall–Kier alpha value is -3.35. The van der Waals surface area contributed by atoms with E-state index >= 15 is 0 Å². The maximum atomic E-state index is 12.2. The van der Waals surface area contributed by atoms with Crippen molar-refractivity contribution in [3.63, 3.8) is 0 Å². The number of benzene rings is 1. The molecule has 27 heavy (non-hydrogen) atoms. The van der Waals surface area contributed by atoms with Crippen LogP contribution in [0.25, 0.3) is 16.6 Å². The number of ether oxygens (including phenoxy) is 1. The summed E-state index contributed by atoms with van der Waals surface area (Å²) in [6.07, 6.45) is 4.98. The Bertz CT molecular complexity index is 1080. The summed E-state index contributed by atoms with van der Waals surface area (Å²) in [7, 11) is 1.66. The van der Waals surface area contributed by atoms with E-state index in [2.05, 4.69) is 20.1 Å². The van der Waals surface area contributed by atoms with Gasteiger partial charge in [0.2, 0.25) is 5.91 Å². The van der Waals surface area contributed by atoms with E-state index in [1.807, 2.05) is 59.3 Å². The van der Waals surface area contributed by atoms with Gasteiger partial charge >= 0.3 is 0 Å². The molecule has 0 aliphatic rings. The molecule has 1 amide bonds. The fourth-order valence-corrected chi connectivity index (χ4v) is 3.25. The molecule has 0 unspecified atom stereocenters. The van der Waals surface area contributed by atoms with E-state index in [9.17, 15) is 4.79 Å². The number of fused-ring (bicyclic) bond motifs is 2. The lowest BCUT2D eigenvalue weighted by Gasteiger charge is -2.08. The van der Waals surface area contributed by atoms with Crippen LogP contribution in [-0.4, -0.2) is 38.7 Å². The molecule has 4 aromatic rings. The van der Waals surface area contributed by atoms with Crippen molar-refractivity contribution in [1.82, 2.24) is 24.5 Å². The molecule has 0 saturated heterocycles. The van der Waals surface area contributed by atoms with Crippen LogP contribution in [0.4, 0.5) is 0 Å². The third-order valence-electron chi connectivity index (χ3n) is 4.63. The standard InChI is InChI=1S/C20H21N5O2/c1-27-17-6-4-5-16-15(17)9-13-24(16)14-10-20(26)21-11-8-19-23-22-18-7-2-3-12-25(18)19/h2-7,9,12-13H,8,10-11,14H2,1H3,(H,21,26). The van der Waals surface area contributed by atoms with Crippen LogP contribution in [-0.2, 0) is 17.8 Å². The van der Waals surface area contributed by atoms with Gasteiger partial charge in [0.1, 0.15) is 11.6 Å². The molecule has 7 nitrogen and oxygen atoms in total. The molecule has 0 radical (unpaired) electrons. The van der Waals surface area contributed by atoms with Gasteiger partial charge in [-0.2, -0.15) is 0 Å². The summed E-state index contributed by atoms with van der Waals surface area (Å²) in [5.41, 5.74) is 1.88. The zero-order chi connectivity index (χ0) is 18.6. The Morgan fingerprint density at radius 2 is 2.04 bits per heavy atom. The lowest BCUT2D eigenvalue weighted by Crippen LogP contribution is -2.27. The van der Waals surface area contributed by atoms with Crippen LogP contribution >= 0.6 is 0 Å². The number of aryl methyl sites for hydroxylation is 1. The Balaban J connectivity index is 1.31. The summed E-state index contributed by atoms with van der Waals surface area (Å²) in [5.74, 6) is 1.71. The monoisotopic (exact) mass is 363 g/mol. The van der Waals surface area contributed by atoms with Gasteiger partial charge in [-0.15, -0.1) is 10.2 Å². The van der Waals surface area contributed by atoms with Gasteiger partial charge in [0, 0.05) is 43.7 Å². The second kappa shape index (κ2) is 7.49. The summed E-state index contributed by atoms with van der Waals surface area (Å²) in [4.78, 5) is 12.2. The number of carbonyl (C=O) groups is 1. The molecule has 0 saturated carbocycles. The minimum absolute atomic E-state index is 0.0218. The number of nitrogens with one attached hydrogen (secondary N) is 1. The van der Waals surface area contributed by atoms with Gasteiger partial charge in [-0.3, -0.25) is 9.20 Å². The fourth-order valence-electron chi connectivity index (χ4n) is 3.25. The molecular formula is C20H21N5O2. The molecule has 0 bridgehead atoms. The third kappa shape index (κ3) is 3.48. The molecule has 1 N–H and O–H groups in total. The van der Waals surface area contributed by atoms with Crippen LogP contribution in [0.1, 0.15) is 12.2 Å². The number of pyridine rings is 1. The lowest BCUT2D eigenvalue weighted by atomic mass is 10.2. The number of nitrogens with zero attached hydrogens (tertiary/aromatic N) is 4. The smallest absolute Gasteiger partial charge is 0.221 e. The predicted octanol–water partition coefficient (Wildman–Crippen LogP) is 2.44. The van der Waals surface area contributed by atoms with E-state index in [0.29, 0.717) is 25.9 Å². The molecule has 138 valence electrons.